The summed E-state index contributed by atoms with van der Waals surface area (Å²) in [7, 11) is 0. The van der Waals surface area contributed by atoms with Crippen LogP contribution < -0.4 is 10.6 Å². The van der Waals surface area contributed by atoms with Gasteiger partial charge in [-0.25, -0.2) is 0 Å². The molecule has 0 aromatic carbocycles. The first-order valence-corrected chi connectivity index (χ1v) is 7.67. The Kier molecular flexibility index (Phi) is 5.79. The SMILES string of the molecule is CCCNc1nc(Cl)nc(NC2CCCCCC2O)n1. The summed E-state index contributed by atoms with van der Waals surface area (Å²) < 4.78 is 0. The van der Waals surface area contributed by atoms with Gasteiger partial charge in [-0.05, 0) is 30.9 Å². The summed E-state index contributed by atoms with van der Waals surface area (Å²) >= 11 is 5.91. The molecule has 1 fully saturated rings. The number of hydrogen-bond donors (Lipinski definition) is 3. The second-order valence-corrected chi connectivity index (χ2v) is 5.47. The minimum Gasteiger partial charge on any atom is -0.391 e. The highest BCUT2D eigenvalue weighted by Crippen LogP contribution is 2.21. The lowest BCUT2D eigenvalue weighted by molar-refractivity contribution is 0.144. The van der Waals surface area contributed by atoms with Crippen LogP contribution in [0.15, 0.2) is 0 Å². The van der Waals surface area contributed by atoms with Gasteiger partial charge in [-0.3, -0.25) is 0 Å². The Morgan fingerprint density at radius 3 is 2.70 bits per heavy atom. The number of rotatable bonds is 5. The van der Waals surface area contributed by atoms with Crippen LogP contribution >= 0.6 is 11.6 Å². The molecule has 1 saturated carbocycles. The van der Waals surface area contributed by atoms with Crippen LogP contribution in [0.4, 0.5) is 11.9 Å². The Morgan fingerprint density at radius 2 is 1.90 bits per heavy atom. The Morgan fingerprint density at radius 1 is 1.15 bits per heavy atom. The molecule has 7 heteroatoms. The van der Waals surface area contributed by atoms with Crippen molar-refractivity contribution in [2.45, 2.75) is 57.6 Å². The molecule has 0 amide bonds. The number of anilines is 2. The van der Waals surface area contributed by atoms with Gasteiger partial charge in [0.05, 0.1) is 12.1 Å². The van der Waals surface area contributed by atoms with E-state index in [0.717, 1.165) is 45.1 Å². The van der Waals surface area contributed by atoms with E-state index in [-0.39, 0.29) is 17.4 Å². The van der Waals surface area contributed by atoms with Gasteiger partial charge in [-0.1, -0.05) is 26.2 Å². The number of nitrogens with zero attached hydrogens (tertiary/aromatic N) is 3. The minimum absolute atomic E-state index is 0.0185. The molecule has 0 spiro atoms. The lowest BCUT2D eigenvalue weighted by atomic mass is 10.1. The third kappa shape index (κ3) is 4.45. The molecule has 0 bridgehead atoms. The van der Waals surface area contributed by atoms with Crippen LogP contribution in [0.3, 0.4) is 0 Å². The van der Waals surface area contributed by atoms with Gasteiger partial charge in [0.15, 0.2) is 0 Å². The quantitative estimate of drug-likeness (QED) is 0.724. The highest BCUT2D eigenvalue weighted by atomic mass is 35.5. The van der Waals surface area contributed by atoms with Crippen LogP contribution in [0.2, 0.25) is 5.28 Å². The van der Waals surface area contributed by atoms with Gasteiger partial charge in [0.1, 0.15) is 0 Å². The summed E-state index contributed by atoms with van der Waals surface area (Å²) in [6.45, 7) is 2.85. The maximum Gasteiger partial charge on any atom is 0.229 e. The van der Waals surface area contributed by atoms with E-state index in [4.69, 9.17) is 11.6 Å². The molecule has 2 rings (SSSR count). The fraction of sp³-hybridized carbons (Fsp3) is 0.769. The first-order chi connectivity index (χ1) is 9.69. The van der Waals surface area contributed by atoms with Crippen molar-refractivity contribution < 1.29 is 5.11 Å². The Labute approximate surface area is 124 Å². The maximum absolute atomic E-state index is 10.1. The molecular weight excluding hydrogens is 278 g/mol. The van der Waals surface area contributed by atoms with Crippen molar-refractivity contribution in [3.8, 4) is 0 Å². The van der Waals surface area contributed by atoms with Crippen molar-refractivity contribution in [1.29, 1.82) is 0 Å². The van der Waals surface area contributed by atoms with E-state index in [2.05, 4.69) is 32.5 Å². The average molecular weight is 300 g/mol. The van der Waals surface area contributed by atoms with Gasteiger partial charge >= 0.3 is 0 Å². The smallest absolute Gasteiger partial charge is 0.229 e. The monoisotopic (exact) mass is 299 g/mol. The molecule has 2 unspecified atom stereocenters. The molecule has 1 aliphatic rings. The molecule has 112 valence electrons. The van der Waals surface area contributed by atoms with Crippen LogP contribution in [0.25, 0.3) is 0 Å². The third-order valence-corrected chi connectivity index (χ3v) is 3.60. The van der Waals surface area contributed by atoms with Crippen LogP contribution in [0.1, 0.15) is 45.4 Å². The number of hydrogen-bond acceptors (Lipinski definition) is 6. The standard InChI is InChI=1S/C13H22ClN5O/c1-2-8-15-12-17-11(14)18-13(19-12)16-9-6-4-3-5-7-10(9)20/h9-10,20H,2-8H2,1H3,(H2,15,16,17,18,19). The predicted octanol–water partition coefficient (Wildman–Crippen LogP) is 2.45. The largest absolute Gasteiger partial charge is 0.391 e. The van der Waals surface area contributed by atoms with Crippen LogP contribution in [-0.2, 0) is 0 Å². The number of aromatic nitrogens is 3. The van der Waals surface area contributed by atoms with Gasteiger partial charge in [-0.2, -0.15) is 15.0 Å². The lowest BCUT2D eigenvalue weighted by Crippen LogP contribution is -2.33. The summed E-state index contributed by atoms with van der Waals surface area (Å²) in [5, 5.41) is 16.5. The molecule has 0 aliphatic heterocycles. The highest BCUT2D eigenvalue weighted by molar-refractivity contribution is 6.28. The van der Waals surface area contributed by atoms with Gasteiger partial charge in [0, 0.05) is 6.54 Å². The third-order valence-electron chi connectivity index (χ3n) is 3.44. The van der Waals surface area contributed by atoms with E-state index < -0.39 is 0 Å². The van der Waals surface area contributed by atoms with E-state index in [0.29, 0.717) is 11.9 Å². The van der Waals surface area contributed by atoms with E-state index in [1.807, 2.05) is 0 Å². The van der Waals surface area contributed by atoms with Gasteiger partial charge in [0.2, 0.25) is 17.2 Å². The number of halogens is 1. The van der Waals surface area contributed by atoms with E-state index >= 15 is 0 Å². The second-order valence-electron chi connectivity index (χ2n) is 5.13. The zero-order chi connectivity index (χ0) is 14.4. The molecule has 1 aromatic heterocycles. The summed E-state index contributed by atoms with van der Waals surface area (Å²) in [5.41, 5.74) is 0. The predicted molar refractivity (Wildman–Crippen MR) is 80.1 cm³/mol. The van der Waals surface area contributed by atoms with E-state index in [9.17, 15) is 5.11 Å². The molecule has 1 aliphatic carbocycles. The first-order valence-electron chi connectivity index (χ1n) is 7.29. The van der Waals surface area contributed by atoms with Crippen molar-refractivity contribution in [2.75, 3.05) is 17.2 Å². The Bertz CT molecular complexity index is 431. The number of nitrogens with one attached hydrogen (secondary N) is 2. The van der Waals surface area contributed by atoms with Gasteiger partial charge in [-0.15, -0.1) is 0 Å². The van der Waals surface area contributed by atoms with Crippen LogP contribution in [-0.4, -0.2) is 38.7 Å². The molecule has 6 nitrogen and oxygen atoms in total. The van der Waals surface area contributed by atoms with Crippen molar-refractivity contribution in [1.82, 2.24) is 15.0 Å². The van der Waals surface area contributed by atoms with Crippen molar-refractivity contribution in [3.05, 3.63) is 5.28 Å². The number of aliphatic hydroxyl groups excluding tert-OH is 1. The minimum atomic E-state index is -0.361. The van der Waals surface area contributed by atoms with E-state index in [1.54, 1.807) is 0 Å². The lowest BCUT2D eigenvalue weighted by Gasteiger charge is -2.21. The topological polar surface area (TPSA) is 83.0 Å². The van der Waals surface area contributed by atoms with Crippen molar-refractivity contribution >= 4 is 23.5 Å². The normalized spacial score (nSPS) is 23.1. The van der Waals surface area contributed by atoms with Gasteiger partial charge in [0.25, 0.3) is 0 Å². The average Bonchev–Trinajstić information content (AvgIpc) is 2.61. The molecule has 1 aromatic rings. The van der Waals surface area contributed by atoms with Crippen LogP contribution in [0, 0.1) is 0 Å². The molecule has 20 heavy (non-hydrogen) atoms. The molecule has 0 radical (unpaired) electrons. The second kappa shape index (κ2) is 7.59. The zero-order valence-electron chi connectivity index (χ0n) is 11.8. The summed E-state index contributed by atoms with van der Waals surface area (Å²) in [5.74, 6) is 0.895. The van der Waals surface area contributed by atoms with Crippen LogP contribution in [0.5, 0.6) is 0 Å². The molecule has 2 atom stereocenters. The molecule has 3 N–H and O–H groups in total. The Hall–Kier alpha value is -1.14. The summed E-state index contributed by atoms with van der Waals surface area (Å²) in [4.78, 5) is 12.4. The first kappa shape index (κ1) is 15.3. The van der Waals surface area contributed by atoms with Crippen molar-refractivity contribution in [3.63, 3.8) is 0 Å². The van der Waals surface area contributed by atoms with E-state index in [1.165, 1.54) is 0 Å². The fourth-order valence-electron chi connectivity index (χ4n) is 2.35. The highest BCUT2D eigenvalue weighted by Gasteiger charge is 2.22. The molecular formula is C13H22ClN5O. The maximum atomic E-state index is 10.1. The summed E-state index contributed by atoms with van der Waals surface area (Å²) in [6.07, 6.45) is 5.69. The fourth-order valence-corrected chi connectivity index (χ4v) is 2.51. The van der Waals surface area contributed by atoms with Gasteiger partial charge < -0.3 is 15.7 Å². The molecule has 0 saturated heterocycles. The Balaban J connectivity index is 2.05. The molecule has 1 heterocycles. The summed E-state index contributed by atoms with van der Waals surface area (Å²) in [6, 6.07) is -0.0185. The zero-order valence-corrected chi connectivity index (χ0v) is 12.5. The number of aliphatic hydroxyl groups is 1. The van der Waals surface area contributed by atoms with Crippen molar-refractivity contribution in [2.24, 2.45) is 0 Å².